The van der Waals surface area contributed by atoms with Crippen molar-refractivity contribution in [1.29, 1.82) is 0 Å². The van der Waals surface area contributed by atoms with Gasteiger partial charge in [-0.1, -0.05) is 12.8 Å². The van der Waals surface area contributed by atoms with Gasteiger partial charge in [0.1, 0.15) is 0 Å². The van der Waals surface area contributed by atoms with Gasteiger partial charge < -0.3 is 16.4 Å². The van der Waals surface area contributed by atoms with E-state index in [1.807, 2.05) is 0 Å². The highest BCUT2D eigenvalue weighted by molar-refractivity contribution is 5.72. The number of hydrogen-bond acceptors (Lipinski definition) is 3. The molecule has 1 aliphatic rings. The SMILES string of the molecule is CC(=O)NCCNC[C@@H]1CCCC[C@@H]1N. The number of carbonyl (C=O) groups is 1. The lowest BCUT2D eigenvalue weighted by molar-refractivity contribution is -0.118. The second-order valence-electron chi connectivity index (χ2n) is 4.40. The molecule has 4 nitrogen and oxygen atoms in total. The van der Waals surface area contributed by atoms with Crippen LogP contribution >= 0.6 is 0 Å². The van der Waals surface area contributed by atoms with Crippen molar-refractivity contribution in [2.75, 3.05) is 19.6 Å². The lowest BCUT2D eigenvalue weighted by Crippen LogP contribution is -2.41. The summed E-state index contributed by atoms with van der Waals surface area (Å²) in [6, 6.07) is 0.368. The fraction of sp³-hybridized carbons (Fsp3) is 0.909. The molecule has 1 fully saturated rings. The summed E-state index contributed by atoms with van der Waals surface area (Å²) >= 11 is 0. The molecule has 0 aromatic rings. The highest BCUT2D eigenvalue weighted by Gasteiger charge is 2.20. The van der Waals surface area contributed by atoms with Gasteiger partial charge in [-0.3, -0.25) is 4.79 Å². The van der Waals surface area contributed by atoms with Crippen LogP contribution in [0.1, 0.15) is 32.6 Å². The van der Waals surface area contributed by atoms with Crippen LogP contribution in [-0.4, -0.2) is 31.6 Å². The molecule has 88 valence electrons. The third-order valence-electron chi connectivity index (χ3n) is 3.05. The summed E-state index contributed by atoms with van der Waals surface area (Å²) in [5.41, 5.74) is 6.03. The first kappa shape index (κ1) is 12.5. The highest BCUT2D eigenvalue weighted by Crippen LogP contribution is 2.21. The van der Waals surface area contributed by atoms with Gasteiger partial charge in [0.25, 0.3) is 0 Å². The van der Waals surface area contributed by atoms with E-state index in [0.717, 1.165) is 19.5 Å². The summed E-state index contributed by atoms with van der Waals surface area (Å²) in [4.78, 5) is 10.6. The summed E-state index contributed by atoms with van der Waals surface area (Å²) < 4.78 is 0. The Morgan fingerprint density at radius 2 is 2.07 bits per heavy atom. The maximum Gasteiger partial charge on any atom is 0.216 e. The Morgan fingerprint density at radius 3 is 2.73 bits per heavy atom. The third-order valence-corrected chi connectivity index (χ3v) is 3.05. The fourth-order valence-corrected chi connectivity index (χ4v) is 2.10. The normalized spacial score (nSPS) is 26.3. The van der Waals surface area contributed by atoms with Crippen molar-refractivity contribution in [2.24, 2.45) is 11.7 Å². The summed E-state index contributed by atoms with van der Waals surface area (Å²) in [6.45, 7) is 4.07. The van der Waals surface area contributed by atoms with Crippen molar-refractivity contribution in [3.8, 4) is 0 Å². The molecule has 0 radical (unpaired) electrons. The Bertz CT molecular complexity index is 196. The molecule has 0 aromatic heterocycles. The van der Waals surface area contributed by atoms with Crippen LogP contribution < -0.4 is 16.4 Å². The van der Waals surface area contributed by atoms with Gasteiger partial charge in [-0.25, -0.2) is 0 Å². The van der Waals surface area contributed by atoms with E-state index in [0.29, 0.717) is 18.5 Å². The molecule has 4 N–H and O–H groups in total. The van der Waals surface area contributed by atoms with Crippen molar-refractivity contribution in [3.63, 3.8) is 0 Å². The van der Waals surface area contributed by atoms with E-state index in [9.17, 15) is 4.79 Å². The molecular formula is C11H23N3O. The van der Waals surface area contributed by atoms with Crippen molar-refractivity contribution in [3.05, 3.63) is 0 Å². The van der Waals surface area contributed by atoms with E-state index < -0.39 is 0 Å². The summed E-state index contributed by atoms with van der Waals surface area (Å²) in [6.07, 6.45) is 5.00. The Balaban J connectivity index is 2.01. The minimum atomic E-state index is 0.0335. The molecule has 4 heteroatoms. The first-order valence-corrected chi connectivity index (χ1v) is 5.91. The van der Waals surface area contributed by atoms with Gasteiger partial charge in [-0.05, 0) is 25.3 Å². The summed E-state index contributed by atoms with van der Waals surface area (Å²) in [7, 11) is 0. The molecule has 2 atom stereocenters. The largest absolute Gasteiger partial charge is 0.355 e. The Morgan fingerprint density at radius 1 is 1.33 bits per heavy atom. The molecule has 0 aromatic carbocycles. The molecule has 1 amide bonds. The van der Waals surface area contributed by atoms with Crippen molar-refractivity contribution >= 4 is 5.91 Å². The van der Waals surface area contributed by atoms with Gasteiger partial charge in [0.15, 0.2) is 0 Å². The molecule has 0 bridgehead atoms. The second kappa shape index (κ2) is 6.80. The van der Waals surface area contributed by atoms with Gasteiger partial charge in [0.05, 0.1) is 0 Å². The van der Waals surface area contributed by atoms with Gasteiger partial charge in [-0.2, -0.15) is 0 Å². The zero-order chi connectivity index (χ0) is 11.1. The number of amides is 1. The quantitative estimate of drug-likeness (QED) is 0.573. The average Bonchev–Trinajstić information content (AvgIpc) is 2.20. The third kappa shape index (κ3) is 5.14. The first-order valence-electron chi connectivity index (χ1n) is 5.91. The highest BCUT2D eigenvalue weighted by atomic mass is 16.1. The van der Waals surface area contributed by atoms with E-state index in [1.165, 1.54) is 26.2 Å². The van der Waals surface area contributed by atoms with Crippen molar-refractivity contribution < 1.29 is 4.79 Å². The molecule has 0 aliphatic heterocycles. The van der Waals surface area contributed by atoms with Crippen LogP contribution in [0.2, 0.25) is 0 Å². The maximum absolute atomic E-state index is 10.6. The molecular weight excluding hydrogens is 190 g/mol. The number of nitrogens with one attached hydrogen (secondary N) is 2. The average molecular weight is 213 g/mol. The summed E-state index contributed by atoms with van der Waals surface area (Å²) in [5, 5.41) is 6.11. The van der Waals surface area contributed by atoms with E-state index >= 15 is 0 Å². The fourth-order valence-electron chi connectivity index (χ4n) is 2.10. The topological polar surface area (TPSA) is 67.2 Å². The monoisotopic (exact) mass is 213 g/mol. The molecule has 1 aliphatic carbocycles. The smallest absolute Gasteiger partial charge is 0.216 e. The van der Waals surface area contributed by atoms with E-state index in [-0.39, 0.29) is 5.91 Å². The maximum atomic E-state index is 10.6. The zero-order valence-corrected chi connectivity index (χ0v) is 9.59. The number of carbonyl (C=O) groups excluding carboxylic acids is 1. The Kier molecular flexibility index (Phi) is 5.65. The minimum absolute atomic E-state index is 0.0335. The number of nitrogens with two attached hydrogens (primary N) is 1. The number of rotatable bonds is 5. The van der Waals surface area contributed by atoms with E-state index in [2.05, 4.69) is 10.6 Å². The first-order chi connectivity index (χ1) is 7.20. The Hall–Kier alpha value is -0.610. The van der Waals surface area contributed by atoms with Gasteiger partial charge >= 0.3 is 0 Å². The molecule has 0 unspecified atom stereocenters. The van der Waals surface area contributed by atoms with Gasteiger partial charge in [-0.15, -0.1) is 0 Å². The molecule has 0 heterocycles. The lowest BCUT2D eigenvalue weighted by atomic mass is 9.85. The van der Waals surface area contributed by atoms with Crippen LogP contribution in [0.25, 0.3) is 0 Å². The van der Waals surface area contributed by atoms with Crippen LogP contribution in [-0.2, 0) is 4.79 Å². The second-order valence-corrected chi connectivity index (χ2v) is 4.40. The molecule has 0 spiro atoms. The van der Waals surface area contributed by atoms with Gasteiger partial charge in [0, 0.05) is 26.1 Å². The molecule has 15 heavy (non-hydrogen) atoms. The molecule has 1 rings (SSSR count). The number of hydrogen-bond donors (Lipinski definition) is 3. The van der Waals surface area contributed by atoms with Crippen LogP contribution in [0.5, 0.6) is 0 Å². The van der Waals surface area contributed by atoms with Crippen molar-refractivity contribution in [2.45, 2.75) is 38.6 Å². The van der Waals surface area contributed by atoms with Crippen molar-refractivity contribution in [1.82, 2.24) is 10.6 Å². The van der Waals surface area contributed by atoms with Crippen LogP contribution in [0, 0.1) is 5.92 Å². The predicted molar refractivity (Wildman–Crippen MR) is 61.5 cm³/mol. The van der Waals surface area contributed by atoms with Gasteiger partial charge in [0.2, 0.25) is 5.91 Å². The molecule has 0 saturated heterocycles. The zero-order valence-electron chi connectivity index (χ0n) is 9.59. The minimum Gasteiger partial charge on any atom is -0.355 e. The predicted octanol–water partition coefficient (Wildman–Crippen LogP) is 0.230. The lowest BCUT2D eigenvalue weighted by Gasteiger charge is -2.28. The summed E-state index contributed by atoms with van der Waals surface area (Å²) in [5.74, 6) is 0.655. The van der Waals surface area contributed by atoms with Crippen LogP contribution in [0.3, 0.4) is 0 Å². The Labute approximate surface area is 92.0 Å². The van der Waals surface area contributed by atoms with E-state index in [1.54, 1.807) is 0 Å². The van der Waals surface area contributed by atoms with E-state index in [4.69, 9.17) is 5.73 Å². The van der Waals surface area contributed by atoms with Crippen LogP contribution in [0.15, 0.2) is 0 Å². The standard InChI is InChI=1S/C11H23N3O/c1-9(15)14-7-6-13-8-10-4-2-3-5-11(10)12/h10-11,13H,2-8,12H2,1H3,(H,14,15)/t10-,11-/m0/s1. The van der Waals surface area contributed by atoms with Crippen LogP contribution in [0.4, 0.5) is 0 Å². The molecule has 1 saturated carbocycles.